The Morgan fingerprint density at radius 2 is 1.96 bits per heavy atom. The van der Waals surface area contributed by atoms with Crippen molar-refractivity contribution >= 4 is 30.0 Å². The van der Waals surface area contributed by atoms with Crippen LogP contribution in [0.4, 0.5) is 5.69 Å². The maximum atomic E-state index is 12.1. The number of anilines is 1. The smallest absolute Gasteiger partial charge is 0.306 e. The number of nitrogens with one attached hydrogen (secondary N) is 1. The van der Waals surface area contributed by atoms with Crippen molar-refractivity contribution in [2.75, 3.05) is 25.0 Å². The highest BCUT2D eigenvalue weighted by atomic mass is 35.5. The molecule has 0 atom stereocenters. The molecule has 0 bridgehead atoms. The Bertz CT molecular complexity index is 540. The number of carboxylic acid groups (broad SMARTS) is 1. The van der Waals surface area contributed by atoms with E-state index in [0.717, 1.165) is 5.69 Å². The van der Waals surface area contributed by atoms with E-state index in [1.54, 1.807) is 0 Å². The van der Waals surface area contributed by atoms with E-state index in [4.69, 9.17) is 5.11 Å². The summed E-state index contributed by atoms with van der Waals surface area (Å²) in [6.07, 6.45) is 1.23. The number of rotatable bonds is 5. The Kier molecular flexibility index (Phi) is 7.52. The number of halogens is 1. The van der Waals surface area contributed by atoms with Gasteiger partial charge in [-0.25, -0.2) is 0 Å². The van der Waals surface area contributed by atoms with Crippen molar-refractivity contribution in [1.29, 1.82) is 0 Å². The van der Waals surface area contributed by atoms with E-state index in [1.165, 1.54) is 5.56 Å². The van der Waals surface area contributed by atoms with E-state index in [-0.39, 0.29) is 24.2 Å². The number of hydrogen-bond donors (Lipinski definition) is 2. The lowest BCUT2D eigenvalue weighted by Crippen LogP contribution is -2.40. The average Bonchev–Trinajstić information content (AvgIpc) is 2.47. The van der Waals surface area contributed by atoms with Gasteiger partial charge < -0.3 is 10.4 Å². The number of likely N-dealkylation sites (tertiary alicyclic amines) is 1. The quantitative estimate of drug-likeness (QED) is 0.864. The second-order valence-corrected chi connectivity index (χ2v) is 6.22. The standard InChI is InChI=1S/C17H24N2O3.ClH/c1-12(2)14-4-3-5-15(10-14)18-16(20)11-19-8-6-13(7-9-19)17(21)22;/h3-5,10,12-13H,6-9,11H2,1-2H3,(H,18,20)(H,21,22);1H. The van der Waals surface area contributed by atoms with Crippen LogP contribution in [0.1, 0.15) is 38.2 Å². The first-order valence-electron chi connectivity index (χ1n) is 7.80. The lowest BCUT2D eigenvalue weighted by atomic mass is 9.97. The molecule has 23 heavy (non-hydrogen) atoms. The number of nitrogens with zero attached hydrogens (tertiary/aromatic N) is 1. The Balaban J connectivity index is 0.00000264. The number of aliphatic carboxylic acids is 1. The molecule has 1 aromatic carbocycles. The van der Waals surface area contributed by atoms with Crippen molar-refractivity contribution in [2.45, 2.75) is 32.6 Å². The summed E-state index contributed by atoms with van der Waals surface area (Å²) in [5.41, 5.74) is 2.01. The van der Waals surface area contributed by atoms with Crippen LogP contribution in [0.2, 0.25) is 0 Å². The molecule has 0 unspecified atom stereocenters. The minimum Gasteiger partial charge on any atom is -0.481 e. The topological polar surface area (TPSA) is 69.6 Å². The summed E-state index contributed by atoms with van der Waals surface area (Å²) in [6, 6.07) is 7.89. The van der Waals surface area contributed by atoms with Gasteiger partial charge in [0.05, 0.1) is 12.5 Å². The van der Waals surface area contributed by atoms with Gasteiger partial charge in [-0.1, -0.05) is 26.0 Å². The molecule has 1 saturated heterocycles. The third-order valence-electron chi connectivity index (χ3n) is 4.14. The molecular weight excluding hydrogens is 316 g/mol. The molecule has 2 rings (SSSR count). The maximum Gasteiger partial charge on any atom is 0.306 e. The van der Waals surface area contributed by atoms with E-state index < -0.39 is 5.97 Å². The van der Waals surface area contributed by atoms with Crippen molar-refractivity contribution in [1.82, 2.24) is 4.90 Å². The number of carboxylic acids is 1. The minimum atomic E-state index is -0.727. The van der Waals surface area contributed by atoms with Gasteiger partial charge in [-0.05, 0) is 49.5 Å². The van der Waals surface area contributed by atoms with Crippen LogP contribution in [0.15, 0.2) is 24.3 Å². The van der Waals surface area contributed by atoms with E-state index in [2.05, 4.69) is 25.2 Å². The van der Waals surface area contributed by atoms with Crippen molar-refractivity contribution in [3.63, 3.8) is 0 Å². The molecule has 2 N–H and O–H groups in total. The van der Waals surface area contributed by atoms with Crippen LogP contribution < -0.4 is 5.32 Å². The van der Waals surface area contributed by atoms with Crippen molar-refractivity contribution in [2.24, 2.45) is 5.92 Å². The second kappa shape index (κ2) is 8.89. The monoisotopic (exact) mass is 340 g/mol. The van der Waals surface area contributed by atoms with Gasteiger partial charge in [0.25, 0.3) is 0 Å². The van der Waals surface area contributed by atoms with Crippen molar-refractivity contribution in [3.05, 3.63) is 29.8 Å². The van der Waals surface area contributed by atoms with Gasteiger partial charge in [0.1, 0.15) is 0 Å². The Hall–Kier alpha value is -1.59. The largest absolute Gasteiger partial charge is 0.481 e. The normalized spacial score (nSPS) is 16.0. The molecule has 1 aromatic rings. The molecule has 0 spiro atoms. The molecular formula is C17H25ClN2O3. The highest BCUT2D eigenvalue weighted by Crippen LogP contribution is 2.19. The fraction of sp³-hybridized carbons (Fsp3) is 0.529. The molecule has 1 aliphatic heterocycles. The summed E-state index contributed by atoms with van der Waals surface area (Å²) >= 11 is 0. The highest BCUT2D eigenvalue weighted by molar-refractivity contribution is 5.92. The van der Waals surface area contributed by atoms with Crippen LogP contribution in [0.3, 0.4) is 0 Å². The maximum absolute atomic E-state index is 12.1. The number of amides is 1. The molecule has 5 nitrogen and oxygen atoms in total. The Morgan fingerprint density at radius 3 is 2.52 bits per heavy atom. The molecule has 6 heteroatoms. The van der Waals surface area contributed by atoms with Crippen LogP contribution in [0.5, 0.6) is 0 Å². The van der Waals surface area contributed by atoms with Crippen LogP contribution in [0.25, 0.3) is 0 Å². The number of piperidine rings is 1. The van der Waals surface area contributed by atoms with Crippen molar-refractivity contribution in [3.8, 4) is 0 Å². The van der Waals surface area contributed by atoms with Gasteiger partial charge in [0.2, 0.25) is 5.91 Å². The second-order valence-electron chi connectivity index (χ2n) is 6.22. The molecule has 0 radical (unpaired) electrons. The Labute approximate surface area is 143 Å². The zero-order valence-electron chi connectivity index (χ0n) is 13.6. The van der Waals surface area contributed by atoms with Crippen LogP contribution in [-0.2, 0) is 9.59 Å². The first-order chi connectivity index (χ1) is 10.5. The van der Waals surface area contributed by atoms with Crippen LogP contribution >= 0.6 is 12.4 Å². The fourth-order valence-electron chi connectivity index (χ4n) is 2.72. The molecule has 1 aliphatic rings. The van der Waals surface area contributed by atoms with Crippen molar-refractivity contribution < 1.29 is 14.7 Å². The third-order valence-corrected chi connectivity index (χ3v) is 4.14. The van der Waals surface area contributed by atoms with Gasteiger partial charge in [-0.3, -0.25) is 14.5 Å². The summed E-state index contributed by atoms with van der Waals surface area (Å²) in [5.74, 6) is -0.613. The first kappa shape index (κ1) is 19.5. The van der Waals surface area contributed by atoms with E-state index >= 15 is 0 Å². The van der Waals surface area contributed by atoms with E-state index in [9.17, 15) is 9.59 Å². The molecule has 0 saturated carbocycles. The van der Waals surface area contributed by atoms with E-state index in [1.807, 2.05) is 23.1 Å². The zero-order valence-corrected chi connectivity index (χ0v) is 14.4. The SMILES string of the molecule is CC(C)c1cccc(NC(=O)CN2CCC(C(=O)O)CC2)c1.Cl. The van der Waals surface area contributed by atoms with Gasteiger partial charge in [-0.15, -0.1) is 12.4 Å². The first-order valence-corrected chi connectivity index (χ1v) is 7.80. The minimum absolute atomic E-state index is 0. The highest BCUT2D eigenvalue weighted by Gasteiger charge is 2.25. The summed E-state index contributed by atoms with van der Waals surface area (Å²) in [4.78, 5) is 25.0. The molecule has 0 aliphatic carbocycles. The van der Waals surface area contributed by atoms with Gasteiger partial charge in [-0.2, -0.15) is 0 Å². The summed E-state index contributed by atoms with van der Waals surface area (Å²) in [5, 5.41) is 11.9. The van der Waals surface area contributed by atoms with Crippen LogP contribution in [-0.4, -0.2) is 41.5 Å². The predicted octanol–water partition coefficient (Wildman–Crippen LogP) is 2.97. The molecule has 1 amide bonds. The van der Waals surface area contributed by atoms with Gasteiger partial charge in [0, 0.05) is 5.69 Å². The summed E-state index contributed by atoms with van der Waals surface area (Å²) < 4.78 is 0. The van der Waals surface area contributed by atoms with E-state index in [0.29, 0.717) is 38.4 Å². The Morgan fingerprint density at radius 1 is 1.30 bits per heavy atom. The molecule has 1 heterocycles. The third kappa shape index (κ3) is 5.84. The molecule has 128 valence electrons. The summed E-state index contributed by atoms with van der Waals surface area (Å²) in [6.45, 7) is 5.88. The average molecular weight is 341 g/mol. The number of carbonyl (C=O) groups excluding carboxylic acids is 1. The lowest BCUT2D eigenvalue weighted by molar-refractivity contribution is -0.143. The molecule has 0 aromatic heterocycles. The predicted molar refractivity (Wildman–Crippen MR) is 93.2 cm³/mol. The van der Waals surface area contributed by atoms with Crippen LogP contribution in [0, 0.1) is 5.92 Å². The fourth-order valence-corrected chi connectivity index (χ4v) is 2.72. The number of carbonyl (C=O) groups is 2. The summed E-state index contributed by atoms with van der Waals surface area (Å²) in [7, 11) is 0. The zero-order chi connectivity index (χ0) is 16.1. The lowest BCUT2D eigenvalue weighted by Gasteiger charge is -2.29. The molecule has 1 fully saturated rings. The van der Waals surface area contributed by atoms with Gasteiger partial charge >= 0.3 is 5.97 Å². The number of benzene rings is 1. The number of hydrogen-bond acceptors (Lipinski definition) is 3. The van der Waals surface area contributed by atoms with Gasteiger partial charge in [0.15, 0.2) is 0 Å².